The fourth-order valence-electron chi connectivity index (χ4n) is 3.31. The third-order valence-corrected chi connectivity index (χ3v) is 4.62. The Hall–Kier alpha value is -2.08. The largest absolute Gasteiger partial charge is 0.488 e. The van der Waals surface area contributed by atoms with Crippen LogP contribution in [0.1, 0.15) is 25.8 Å². The minimum atomic E-state index is -0.400. The molecule has 0 aromatic heterocycles. The van der Waals surface area contributed by atoms with E-state index in [0.717, 1.165) is 38.2 Å². The molecule has 2 aliphatic heterocycles. The fraction of sp³-hybridized carbons (Fsp3) is 0.526. The van der Waals surface area contributed by atoms with Gasteiger partial charge in [-0.1, -0.05) is 18.2 Å². The van der Waals surface area contributed by atoms with E-state index in [-0.39, 0.29) is 17.9 Å². The molecule has 1 saturated heterocycles. The molecule has 1 atom stereocenters. The molecule has 0 saturated carbocycles. The van der Waals surface area contributed by atoms with Crippen LogP contribution in [-0.2, 0) is 6.54 Å². The van der Waals surface area contributed by atoms with Crippen LogP contribution in [-0.4, -0.2) is 54.2 Å². The van der Waals surface area contributed by atoms with Gasteiger partial charge in [0.25, 0.3) is 0 Å². The second kappa shape index (κ2) is 7.87. The number of hydrogen-bond donors (Lipinski definition) is 1. The molecule has 1 fully saturated rings. The van der Waals surface area contributed by atoms with Crippen LogP contribution in [0.2, 0.25) is 0 Å². The van der Waals surface area contributed by atoms with Crippen LogP contribution >= 0.6 is 0 Å². The Kier molecular flexibility index (Phi) is 5.58. The molecule has 25 heavy (non-hydrogen) atoms. The molecular weight excluding hydrogens is 321 g/mol. The Morgan fingerprint density at radius 2 is 2.12 bits per heavy atom. The van der Waals surface area contributed by atoms with Gasteiger partial charge in [0, 0.05) is 38.8 Å². The van der Waals surface area contributed by atoms with Gasteiger partial charge in [0.2, 0.25) is 0 Å². The van der Waals surface area contributed by atoms with E-state index in [9.17, 15) is 9.18 Å². The van der Waals surface area contributed by atoms with E-state index >= 15 is 0 Å². The van der Waals surface area contributed by atoms with Crippen molar-refractivity contribution < 1.29 is 13.9 Å². The van der Waals surface area contributed by atoms with Crippen LogP contribution in [0.15, 0.2) is 30.4 Å². The first kappa shape index (κ1) is 17.7. The van der Waals surface area contributed by atoms with E-state index in [0.29, 0.717) is 12.6 Å². The van der Waals surface area contributed by atoms with Gasteiger partial charge in [0.1, 0.15) is 0 Å². The normalized spacial score (nSPS) is 20.5. The number of carbonyl (C=O) groups is 1. The molecule has 136 valence electrons. The lowest BCUT2D eigenvalue weighted by Crippen LogP contribution is -2.41. The Morgan fingerprint density at radius 3 is 2.80 bits per heavy atom. The topological polar surface area (TPSA) is 44.8 Å². The van der Waals surface area contributed by atoms with Gasteiger partial charge in [-0.3, -0.25) is 4.90 Å². The number of nitrogens with one attached hydrogen (secondary N) is 1. The average molecular weight is 347 g/mol. The molecule has 2 aliphatic rings. The fourth-order valence-corrected chi connectivity index (χ4v) is 3.31. The van der Waals surface area contributed by atoms with Crippen molar-refractivity contribution in [3.05, 3.63) is 41.7 Å². The molecule has 2 amide bonds. The van der Waals surface area contributed by atoms with Crippen molar-refractivity contribution in [1.29, 1.82) is 0 Å². The standard InChI is InChI=1S/C19H26FN3O2/c1-14(2)25-18-6-5-15(11-17(18)20)12-21-19(24)23-10-7-16(13-23)22-8-3-4-9-22/h3-6,11,14,16H,7-10,12-13H2,1-2H3,(H,21,24)/t16-/m1/s1. The molecule has 2 heterocycles. The molecule has 1 N–H and O–H groups in total. The van der Waals surface area contributed by atoms with Gasteiger partial charge in [0.05, 0.1) is 6.10 Å². The zero-order valence-electron chi connectivity index (χ0n) is 14.9. The maximum atomic E-state index is 14.0. The van der Waals surface area contributed by atoms with Crippen LogP contribution in [0.3, 0.4) is 0 Å². The number of carbonyl (C=O) groups excluding carboxylic acids is 1. The summed E-state index contributed by atoms with van der Waals surface area (Å²) in [5.74, 6) is -0.157. The highest BCUT2D eigenvalue weighted by Gasteiger charge is 2.30. The molecule has 0 unspecified atom stereocenters. The first-order chi connectivity index (χ1) is 12.0. The molecule has 0 spiro atoms. The lowest BCUT2D eigenvalue weighted by molar-refractivity contribution is 0.199. The molecule has 5 nitrogen and oxygen atoms in total. The summed E-state index contributed by atoms with van der Waals surface area (Å²) in [4.78, 5) is 16.6. The highest BCUT2D eigenvalue weighted by Crippen LogP contribution is 2.20. The zero-order valence-corrected chi connectivity index (χ0v) is 14.9. The predicted octanol–water partition coefficient (Wildman–Crippen LogP) is 2.77. The zero-order chi connectivity index (χ0) is 17.8. The second-order valence-electron chi connectivity index (χ2n) is 6.90. The third kappa shape index (κ3) is 4.51. The van der Waals surface area contributed by atoms with Crippen molar-refractivity contribution in [3.63, 3.8) is 0 Å². The summed E-state index contributed by atoms with van der Waals surface area (Å²) in [6.45, 7) is 7.49. The van der Waals surface area contributed by atoms with Crippen molar-refractivity contribution >= 4 is 6.03 Å². The summed E-state index contributed by atoms with van der Waals surface area (Å²) in [5, 5.41) is 2.88. The van der Waals surface area contributed by atoms with Crippen molar-refractivity contribution in [2.45, 2.75) is 39.0 Å². The minimum Gasteiger partial charge on any atom is -0.488 e. The lowest BCUT2D eigenvalue weighted by atomic mass is 10.2. The quantitative estimate of drug-likeness (QED) is 0.833. The molecule has 0 aliphatic carbocycles. The van der Waals surface area contributed by atoms with Crippen LogP contribution in [0.25, 0.3) is 0 Å². The van der Waals surface area contributed by atoms with Crippen molar-refractivity contribution in [3.8, 4) is 5.75 Å². The summed E-state index contributed by atoms with van der Waals surface area (Å²) in [7, 11) is 0. The summed E-state index contributed by atoms with van der Waals surface area (Å²) in [5.41, 5.74) is 0.724. The maximum Gasteiger partial charge on any atom is 0.317 e. The SMILES string of the molecule is CC(C)Oc1ccc(CNC(=O)N2CC[C@@H](N3CC=CC3)C2)cc1F. The number of ether oxygens (including phenoxy) is 1. The second-order valence-corrected chi connectivity index (χ2v) is 6.90. The van der Waals surface area contributed by atoms with E-state index < -0.39 is 5.82 Å². The highest BCUT2D eigenvalue weighted by atomic mass is 19.1. The molecule has 3 rings (SSSR count). The molecule has 1 aromatic rings. The molecule has 0 bridgehead atoms. The van der Waals surface area contributed by atoms with Crippen LogP contribution in [0.5, 0.6) is 5.75 Å². The molecule has 6 heteroatoms. The van der Waals surface area contributed by atoms with Gasteiger partial charge in [0.15, 0.2) is 11.6 Å². The average Bonchev–Trinajstić information content (AvgIpc) is 3.25. The number of amides is 2. The first-order valence-electron chi connectivity index (χ1n) is 8.90. The van der Waals surface area contributed by atoms with E-state index in [1.807, 2.05) is 18.7 Å². The minimum absolute atomic E-state index is 0.0750. The number of benzene rings is 1. The summed E-state index contributed by atoms with van der Waals surface area (Å²) >= 11 is 0. The monoisotopic (exact) mass is 347 g/mol. The summed E-state index contributed by atoms with van der Waals surface area (Å²) in [6.07, 6.45) is 5.27. The third-order valence-electron chi connectivity index (χ3n) is 4.62. The van der Waals surface area contributed by atoms with E-state index in [2.05, 4.69) is 22.4 Å². The Morgan fingerprint density at radius 1 is 1.36 bits per heavy atom. The number of urea groups is 1. The Bertz CT molecular complexity index is 640. The Balaban J connectivity index is 1.48. The molecule has 1 aromatic carbocycles. The molecular formula is C19H26FN3O2. The number of hydrogen-bond acceptors (Lipinski definition) is 3. The number of rotatable bonds is 5. The first-order valence-corrected chi connectivity index (χ1v) is 8.90. The van der Waals surface area contributed by atoms with E-state index in [4.69, 9.17) is 4.74 Å². The molecule has 0 radical (unpaired) electrons. The van der Waals surface area contributed by atoms with Gasteiger partial charge >= 0.3 is 6.03 Å². The van der Waals surface area contributed by atoms with Gasteiger partial charge in [-0.2, -0.15) is 0 Å². The Labute approximate surface area is 148 Å². The predicted molar refractivity (Wildman–Crippen MR) is 95.1 cm³/mol. The number of halogens is 1. The summed E-state index contributed by atoms with van der Waals surface area (Å²) < 4.78 is 19.4. The van der Waals surface area contributed by atoms with Crippen LogP contribution < -0.4 is 10.1 Å². The van der Waals surface area contributed by atoms with Crippen LogP contribution in [0.4, 0.5) is 9.18 Å². The van der Waals surface area contributed by atoms with Crippen molar-refractivity contribution in [1.82, 2.24) is 15.1 Å². The van der Waals surface area contributed by atoms with Gasteiger partial charge in [-0.15, -0.1) is 0 Å². The lowest BCUT2D eigenvalue weighted by Gasteiger charge is -2.23. The van der Waals surface area contributed by atoms with Crippen molar-refractivity contribution in [2.24, 2.45) is 0 Å². The number of likely N-dealkylation sites (tertiary alicyclic amines) is 1. The van der Waals surface area contributed by atoms with Crippen molar-refractivity contribution in [2.75, 3.05) is 26.2 Å². The van der Waals surface area contributed by atoms with Gasteiger partial charge in [-0.05, 0) is 38.0 Å². The van der Waals surface area contributed by atoms with E-state index in [1.54, 1.807) is 12.1 Å². The number of nitrogens with zero attached hydrogens (tertiary/aromatic N) is 2. The van der Waals surface area contributed by atoms with Gasteiger partial charge in [-0.25, -0.2) is 9.18 Å². The maximum absolute atomic E-state index is 14.0. The van der Waals surface area contributed by atoms with E-state index in [1.165, 1.54) is 6.07 Å². The van der Waals surface area contributed by atoms with Crippen LogP contribution in [0, 0.1) is 5.82 Å². The highest BCUT2D eigenvalue weighted by molar-refractivity contribution is 5.74. The smallest absolute Gasteiger partial charge is 0.317 e. The van der Waals surface area contributed by atoms with Gasteiger partial charge < -0.3 is 15.0 Å². The summed E-state index contributed by atoms with van der Waals surface area (Å²) in [6, 6.07) is 5.16.